The van der Waals surface area contributed by atoms with Crippen molar-refractivity contribution in [1.29, 1.82) is 0 Å². The molecule has 7 heteroatoms. The molecule has 0 aromatic carbocycles. The van der Waals surface area contributed by atoms with E-state index in [1.54, 1.807) is 19.2 Å². The molecule has 0 bridgehead atoms. The minimum atomic E-state index is 0.0586. The van der Waals surface area contributed by atoms with E-state index < -0.39 is 0 Å². The van der Waals surface area contributed by atoms with Gasteiger partial charge in [-0.05, 0) is 31.7 Å². The number of nitrogens with zero attached hydrogens (tertiary/aromatic N) is 3. The third-order valence-corrected chi connectivity index (χ3v) is 4.19. The Bertz CT molecular complexity index is 776. The number of hydrogen-bond donors (Lipinski definition) is 2. The molecule has 7 nitrogen and oxygen atoms in total. The first-order chi connectivity index (χ1) is 12.5. The summed E-state index contributed by atoms with van der Waals surface area (Å²) in [6.45, 7) is 8.18. The van der Waals surface area contributed by atoms with Gasteiger partial charge in [-0.25, -0.2) is 0 Å². The minimum absolute atomic E-state index is 0.0586. The van der Waals surface area contributed by atoms with Crippen LogP contribution in [0.5, 0.6) is 0 Å². The summed E-state index contributed by atoms with van der Waals surface area (Å²) >= 11 is 0. The normalized spacial score (nSPS) is 11.8. The maximum atomic E-state index is 11.8. The van der Waals surface area contributed by atoms with Gasteiger partial charge in [-0.1, -0.05) is 25.1 Å². The van der Waals surface area contributed by atoms with Crippen molar-refractivity contribution in [2.45, 2.75) is 52.6 Å². The van der Waals surface area contributed by atoms with Crippen LogP contribution in [0.3, 0.4) is 0 Å². The average molecular weight is 359 g/mol. The van der Waals surface area contributed by atoms with Crippen LogP contribution in [0.2, 0.25) is 0 Å². The first kappa shape index (κ1) is 19.8. The summed E-state index contributed by atoms with van der Waals surface area (Å²) in [4.78, 5) is 16.0. The Labute approximate surface area is 154 Å². The van der Waals surface area contributed by atoms with Gasteiger partial charge in [0.2, 0.25) is 0 Å². The van der Waals surface area contributed by atoms with Crippen molar-refractivity contribution in [1.82, 2.24) is 20.4 Å². The van der Waals surface area contributed by atoms with Crippen molar-refractivity contribution in [2.24, 2.45) is 4.99 Å². The van der Waals surface area contributed by atoms with Gasteiger partial charge in [-0.2, -0.15) is 0 Å². The number of guanidine groups is 1. The molecule has 2 aromatic heterocycles. The van der Waals surface area contributed by atoms with Crippen LogP contribution in [0.1, 0.15) is 49.8 Å². The van der Waals surface area contributed by atoms with Crippen molar-refractivity contribution in [2.75, 3.05) is 13.6 Å². The second-order valence-electron chi connectivity index (χ2n) is 6.59. The Kier molecular flexibility index (Phi) is 7.44. The van der Waals surface area contributed by atoms with Gasteiger partial charge in [0.05, 0.1) is 12.2 Å². The van der Waals surface area contributed by atoms with Crippen LogP contribution in [0.4, 0.5) is 0 Å². The van der Waals surface area contributed by atoms with E-state index in [0.717, 1.165) is 49.0 Å². The summed E-state index contributed by atoms with van der Waals surface area (Å²) in [5.74, 6) is 1.86. The Morgan fingerprint density at radius 3 is 2.77 bits per heavy atom. The summed E-state index contributed by atoms with van der Waals surface area (Å²) < 4.78 is 7.12. The molecule has 0 radical (unpaired) electrons. The van der Waals surface area contributed by atoms with Crippen LogP contribution in [0.25, 0.3) is 0 Å². The molecular formula is C19H29N5O2. The van der Waals surface area contributed by atoms with Gasteiger partial charge in [0.25, 0.3) is 5.56 Å². The van der Waals surface area contributed by atoms with Gasteiger partial charge in [-0.15, -0.1) is 0 Å². The van der Waals surface area contributed by atoms with E-state index in [2.05, 4.69) is 34.6 Å². The van der Waals surface area contributed by atoms with E-state index in [0.29, 0.717) is 12.5 Å². The quantitative estimate of drug-likeness (QED) is 0.430. The molecule has 0 atom stereocenters. The third-order valence-electron chi connectivity index (χ3n) is 4.19. The van der Waals surface area contributed by atoms with Crippen LogP contribution in [-0.2, 0) is 13.1 Å². The highest BCUT2D eigenvalue weighted by Crippen LogP contribution is 2.13. The summed E-state index contributed by atoms with van der Waals surface area (Å²) in [6, 6.07) is 7.32. The predicted octanol–water partition coefficient (Wildman–Crippen LogP) is 2.41. The highest BCUT2D eigenvalue weighted by molar-refractivity contribution is 5.79. The largest absolute Gasteiger partial charge is 0.359 e. The van der Waals surface area contributed by atoms with Crippen molar-refractivity contribution in [3.8, 4) is 0 Å². The van der Waals surface area contributed by atoms with Gasteiger partial charge in [0.15, 0.2) is 11.7 Å². The predicted molar refractivity (Wildman–Crippen MR) is 103 cm³/mol. The Hall–Kier alpha value is -2.57. The van der Waals surface area contributed by atoms with Crippen molar-refractivity contribution in [3.05, 3.63) is 51.8 Å². The lowest BCUT2D eigenvalue weighted by Gasteiger charge is -2.12. The molecular weight excluding hydrogens is 330 g/mol. The second kappa shape index (κ2) is 9.79. The average Bonchev–Trinajstić information content (AvgIpc) is 3.09. The molecule has 142 valence electrons. The van der Waals surface area contributed by atoms with Gasteiger partial charge in [-0.3, -0.25) is 9.79 Å². The minimum Gasteiger partial charge on any atom is -0.359 e. The molecule has 0 aliphatic carbocycles. The Morgan fingerprint density at radius 2 is 2.12 bits per heavy atom. The summed E-state index contributed by atoms with van der Waals surface area (Å²) in [5, 5.41) is 10.5. The number of nitrogens with one attached hydrogen (secondary N) is 2. The molecule has 0 saturated carbocycles. The molecule has 0 fully saturated rings. The molecule has 0 amide bonds. The molecule has 2 rings (SSSR count). The van der Waals surface area contributed by atoms with Crippen molar-refractivity contribution in [3.63, 3.8) is 0 Å². The van der Waals surface area contributed by atoms with E-state index in [1.165, 1.54) is 0 Å². The first-order valence-corrected chi connectivity index (χ1v) is 9.07. The lowest BCUT2D eigenvalue weighted by Crippen LogP contribution is -2.37. The summed E-state index contributed by atoms with van der Waals surface area (Å²) in [7, 11) is 1.74. The maximum Gasteiger partial charge on any atom is 0.250 e. The maximum absolute atomic E-state index is 11.8. The first-order valence-electron chi connectivity index (χ1n) is 9.07. The fraction of sp³-hybridized carbons (Fsp3) is 0.526. The van der Waals surface area contributed by atoms with E-state index >= 15 is 0 Å². The van der Waals surface area contributed by atoms with Crippen LogP contribution < -0.4 is 16.2 Å². The van der Waals surface area contributed by atoms with Gasteiger partial charge in [0.1, 0.15) is 0 Å². The fourth-order valence-electron chi connectivity index (χ4n) is 2.59. The van der Waals surface area contributed by atoms with Crippen LogP contribution in [0, 0.1) is 6.92 Å². The van der Waals surface area contributed by atoms with E-state index in [4.69, 9.17) is 4.52 Å². The molecule has 2 aromatic rings. The monoisotopic (exact) mass is 359 g/mol. The smallest absolute Gasteiger partial charge is 0.250 e. The molecule has 0 aliphatic heterocycles. The van der Waals surface area contributed by atoms with Crippen molar-refractivity contribution >= 4 is 5.96 Å². The molecule has 2 N–H and O–H groups in total. The fourth-order valence-corrected chi connectivity index (χ4v) is 2.59. The molecule has 0 aliphatic rings. The zero-order valence-corrected chi connectivity index (χ0v) is 16.1. The van der Waals surface area contributed by atoms with Crippen LogP contribution in [-0.4, -0.2) is 29.3 Å². The lowest BCUT2D eigenvalue weighted by molar-refractivity contribution is 0.372. The number of aliphatic imine (C=N–C) groups is 1. The van der Waals surface area contributed by atoms with Gasteiger partial charge in [0, 0.05) is 38.0 Å². The third kappa shape index (κ3) is 5.75. The molecule has 0 spiro atoms. The highest BCUT2D eigenvalue weighted by Gasteiger charge is 2.08. The van der Waals surface area contributed by atoms with Gasteiger partial charge >= 0.3 is 0 Å². The molecule has 0 saturated heterocycles. The number of rotatable bonds is 8. The molecule has 2 heterocycles. The number of unbranched alkanes of at least 4 members (excludes halogenated alkanes) is 1. The van der Waals surface area contributed by atoms with Crippen molar-refractivity contribution < 1.29 is 4.52 Å². The van der Waals surface area contributed by atoms with E-state index in [1.807, 2.05) is 23.6 Å². The summed E-state index contributed by atoms with van der Waals surface area (Å²) in [5.41, 5.74) is 2.01. The SMILES string of the molecule is CN=C(NCCCCn1c(C)cccc1=O)NCc1cc(C(C)C)no1. The zero-order valence-electron chi connectivity index (χ0n) is 16.1. The molecule has 0 unspecified atom stereocenters. The number of hydrogen-bond acceptors (Lipinski definition) is 4. The van der Waals surface area contributed by atoms with Gasteiger partial charge < -0.3 is 19.7 Å². The Balaban J connectivity index is 1.69. The number of aromatic nitrogens is 2. The Morgan fingerprint density at radius 1 is 1.31 bits per heavy atom. The zero-order chi connectivity index (χ0) is 18.9. The summed E-state index contributed by atoms with van der Waals surface area (Å²) in [6.07, 6.45) is 1.87. The second-order valence-corrected chi connectivity index (χ2v) is 6.59. The number of pyridine rings is 1. The lowest BCUT2D eigenvalue weighted by atomic mass is 10.1. The highest BCUT2D eigenvalue weighted by atomic mass is 16.5. The van der Waals surface area contributed by atoms with Crippen LogP contribution in [0.15, 0.2) is 38.6 Å². The van der Waals surface area contributed by atoms with E-state index in [-0.39, 0.29) is 5.56 Å². The number of aryl methyl sites for hydroxylation is 1. The standard InChI is InChI=1S/C19H29N5O2/c1-14(2)17-12-16(26-23-17)13-22-19(20-4)21-10-5-6-11-24-15(3)8-7-9-18(24)25/h7-9,12,14H,5-6,10-11,13H2,1-4H3,(H2,20,21,22). The topological polar surface area (TPSA) is 84.5 Å². The molecule has 26 heavy (non-hydrogen) atoms. The van der Waals surface area contributed by atoms with E-state index in [9.17, 15) is 4.79 Å². The van der Waals surface area contributed by atoms with Crippen LogP contribution >= 0.6 is 0 Å².